The summed E-state index contributed by atoms with van der Waals surface area (Å²) in [7, 11) is 0. The van der Waals surface area contributed by atoms with Crippen molar-refractivity contribution in [2.75, 3.05) is 6.54 Å². The number of amides is 2. The Morgan fingerprint density at radius 1 is 1.17 bits per heavy atom. The number of carbonyl (C=O) groups excluding carboxylic acids is 2. The minimum atomic E-state index is -1.01. The van der Waals surface area contributed by atoms with E-state index in [4.69, 9.17) is 0 Å². The van der Waals surface area contributed by atoms with Gasteiger partial charge in [0.2, 0.25) is 11.8 Å². The van der Waals surface area contributed by atoms with Crippen LogP contribution in [0.25, 0.3) is 0 Å². The second-order valence-electron chi connectivity index (χ2n) is 6.47. The molecule has 0 bridgehead atoms. The van der Waals surface area contributed by atoms with Gasteiger partial charge in [-0.3, -0.25) is 14.5 Å². The molecule has 4 heteroatoms. The number of likely N-dealkylation sites (tertiary alicyclic amines) is 1. The van der Waals surface area contributed by atoms with Gasteiger partial charge in [-0.1, -0.05) is 25.7 Å². The molecule has 0 aromatic heterocycles. The molecule has 0 aromatic carbocycles. The number of hydrogen-bond acceptors (Lipinski definition) is 3. The van der Waals surface area contributed by atoms with Crippen LogP contribution in [0.2, 0.25) is 0 Å². The van der Waals surface area contributed by atoms with E-state index in [0.29, 0.717) is 6.42 Å². The molecule has 18 heavy (non-hydrogen) atoms. The van der Waals surface area contributed by atoms with E-state index in [1.807, 2.05) is 0 Å². The zero-order valence-corrected chi connectivity index (χ0v) is 11.4. The van der Waals surface area contributed by atoms with Gasteiger partial charge in [-0.05, 0) is 26.7 Å². The van der Waals surface area contributed by atoms with E-state index in [-0.39, 0.29) is 18.4 Å². The molecule has 1 N–H and O–H groups in total. The first-order valence-electron chi connectivity index (χ1n) is 6.91. The van der Waals surface area contributed by atoms with Crippen molar-refractivity contribution in [2.24, 2.45) is 5.41 Å². The standard InChI is InChI=1S/C14H23NO3/c1-13(2,18)10-15-11(16)9-14(12(15)17)7-5-3-4-6-8-14/h18H,3-10H2,1-2H3. The Hall–Kier alpha value is -0.900. The smallest absolute Gasteiger partial charge is 0.236 e. The second kappa shape index (κ2) is 4.65. The van der Waals surface area contributed by atoms with Crippen LogP contribution in [0.4, 0.5) is 0 Å². The van der Waals surface area contributed by atoms with Crippen molar-refractivity contribution in [3.8, 4) is 0 Å². The first kappa shape index (κ1) is 13.5. The molecule has 2 fully saturated rings. The van der Waals surface area contributed by atoms with Gasteiger partial charge in [0.15, 0.2) is 0 Å². The Bertz CT molecular complexity index is 349. The zero-order chi connectivity index (χ0) is 13.4. The summed E-state index contributed by atoms with van der Waals surface area (Å²) >= 11 is 0. The summed E-state index contributed by atoms with van der Waals surface area (Å²) in [6, 6.07) is 0. The van der Waals surface area contributed by atoms with Crippen LogP contribution in [0, 0.1) is 5.41 Å². The Kier molecular flexibility index (Phi) is 3.49. The summed E-state index contributed by atoms with van der Waals surface area (Å²) in [5, 5.41) is 9.81. The predicted molar refractivity (Wildman–Crippen MR) is 67.8 cm³/mol. The molecule has 4 nitrogen and oxygen atoms in total. The molecular formula is C14H23NO3. The first-order chi connectivity index (χ1) is 8.34. The number of aliphatic hydroxyl groups is 1. The van der Waals surface area contributed by atoms with E-state index in [1.54, 1.807) is 13.8 Å². The number of nitrogens with zero attached hydrogens (tertiary/aromatic N) is 1. The van der Waals surface area contributed by atoms with Gasteiger partial charge >= 0.3 is 0 Å². The van der Waals surface area contributed by atoms with Crippen molar-refractivity contribution in [1.82, 2.24) is 4.90 Å². The quantitative estimate of drug-likeness (QED) is 0.764. The molecule has 0 atom stereocenters. The number of hydrogen-bond donors (Lipinski definition) is 1. The van der Waals surface area contributed by atoms with E-state index in [1.165, 1.54) is 4.90 Å². The van der Waals surface area contributed by atoms with Crippen molar-refractivity contribution in [2.45, 2.75) is 64.4 Å². The molecule has 1 saturated heterocycles. The molecule has 2 rings (SSSR count). The monoisotopic (exact) mass is 253 g/mol. The van der Waals surface area contributed by atoms with Crippen LogP contribution in [0.5, 0.6) is 0 Å². The minimum Gasteiger partial charge on any atom is -0.389 e. The summed E-state index contributed by atoms with van der Waals surface area (Å²) in [5.41, 5.74) is -1.46. The van der Waals surface area contributed by atoms with Crippen LogP contribution in [0.3, 0.4) is 0 Å². The SMILES string of the molecule is CC(C)(O)CN1C(=O)CC2(CCCCCC2)C1=O. The molecule has 1 aliphatic heterocycles. The fourth-order valence-corrected chi connectivity index (χ4v) is 3.20. The lowest BCUT2D eigenvalue weighted by molar-refractivity contribution is -0.145. The average molecular weight is 253 g/mol. The fourth-order valence-electron chi connectivity index (χ4n) is 3.20. The largest absolute Gasteiger partial charge is 0.389 e. The summed E-state index contributed by atoms with van der Waals surface area (Å²) in [5.74, 6) is -0.152. The third-order valence-corrected chi connectivity index (χ3v) is 4.10. The first-order valence-corrected chi connectivity index (χ1v) is 6.91. The molecule has 0 radical (unpaired) electrons. The summed E-state index contributed by atoms with van der Waals surface area (Å²) < 4.78 is 0. The Balaban J connectivity index is 2.17. The van der Waals surface area contributed by atoms with E-state index < -0.39 is 11.0 Å². The van der Waals surface area contributed by atoms with E-state index in [2.05, 4.69) is 0 Å². The third-order valence-electron chi connectivity index (χ3n) is 4.10. The molecule has 1 heterocycles. The van der Waals surface area contributed by atoms with Crippen LogP contribution in [-0.2, 0) is 9.59 Å². The van der Waals surface area contributed by atoms with Crippen LogP contribution in [0.15, 0.2) is 0 Å². The molecular weight excluding hydrogens is 230 g/mol. The molecule has 2 aliphatic rings. The maximum Gasteiger partial charge on any atom is 0.236 e. The Morgan fingerprint density at radius 2 is 1.72 bits per heavy atom. The van der Waals surface area contributed by atoms with E-state index in [9.17, 15) is 14.7 Å². The van der Waals surface area contributed by atoms with Gasteiger partial charge in [0.1, 0.15) is 0 Å². The van der Waals surface area contributed by atoms with Crippen LogP contribution in [-0.4, -0.2) is 34.0 Å². The highest BCUT2D eigenvalue weighted by Crippen LogP contribution is 2.44. The highest BCUT2D eigenvalue weighted by molar-refractivity contribution is 6.06. The molecule has 0 aromatic rings. The highest BCUT2D eigenvalue weighted by atomic mass is 16.3. The molecule has 102 valence electrons. The van der Waals surface area contributed by atoms with E-state index >= 15 is 0 Å². The van der Waals surface area contributed by atoms with Crippen molar-refractivity contribution in [1.29, 1.82) is 0 Å². The molecule has 1 spiro atoms. The molecule has 2 amide bonds. The van der Waals surface area contributed by atoms with Gasteiger partial charge in [0.25, 0.3) is 0 Å². The lowest BCUT2D eigenvalue weighted by Gasteiger charge is -2.28. The summed E-state index contributed by atoms with van der Waals surface area (Å²) in [4.78, 5) is 25.8. The number of rotatable bonds is 2. The van der Waals surface area contributed by atoms with Gasteiger partial charge in [-0.2, -0.15) is 0 Å². The average Bonchev–Trinajstić information content (AvgIpc) is 2.47. The summed E-state index contributed by atoms with van der Waals surface area (Å²) in [6.45, 7) is 3.38. The van der Waals surface area contributed by atoms with Crippen LogP contribution >= 0.6 is 0 Å². The zero-order valence-electron chi connectivity index (χ0n) is 11.4. The lowest BCUT2D eigenvalue weighted by Crippen LogP contribution is -2.44. The maximum absolute atomic E-state index is 12.5. The van der Waals surface area contributed by atoms with Gasteiger partial charge in [0, 0.05) is 6.42 Å². The molecule has 0 unspecified atom stereocenters. The van der Waals surface area contributed by atoms with Crippen molar-refractivity contribution in [3.63, 3.8) is 0 Å². The second-order valence-corrected chi connectivity index (χ2v) is 6.47. The van der Waals surface area contributed by atoms with Crippen molar-refractivity contribution < 1.29 is 14.7 Å². The van der Waals surface area contributed by atoms with E-state index in [0.717, 1.165) is 38.5 Å². The van der Waals surface area contributed by atoms with Crippen molar-refractivity contribution >= 4 is 11.8 Å². The highest BCUT2D eigenvalue weighted by Gasteiger charge is 2.51. The fraction of sp³-hybridized carbons (Fsp3) is 0.857. The number of β-amino-alcohol motifs (C(OH)–C–C–N with tert-alkyl or cyclic N) is 1. The van der Waals surface area contributed by atoms with Crippen LogP contribution in [0.1, 0.15) is 58.8 Å². The lowest BCUT2D eigenvalue weighted by atomic mass is 9.79. The topological polar surface area (TPSA) is 57.6 Å². The third kappa shape index (κ3) is 2.58. The van der Waals surface area contributed by atoms with Gasteiger partial charge in [0.05, 0.1) is 17.6 Å². The molecule has 1 saturated carbocycles. The molecule has 1 aliphatic carbocycles. The predicted octanol–water partition coefficient (Wildman–Crippen LogP) is 1.86. The van der Waals surface area contributed by atoms with Crippen molar-refractivity contribution in [3.05, 3.63) is 0 Å². The number of imide groups is 1. The van der Waals surface area contributed by atoms with Gasteiger partial charge < -0.3 is 5.11 Å². The van der Waals surface area contributed by atoms with Crippen LogP contribution < -0.4 is 0 Å². The minimum absolute atomic E-state index is 0.0449. The maximum atomic E-state index is 12.5. The normalized spacial score (nSPS) is 24.7. The Morgan fingerprint density at radius 3 is 2.22 bits per heavy atom. The number of carbonyl (C=O) groups is 2. The van der Waals surface area contributed by atoms with Gasteiger partial charge in [-0.15, -0.1) is 0 Å². The van der Waals surface area contributed by atoms with Gasteiger partial charge in [-0.25, -0.2) is 0 Å². The Labute approximate surface area is 108 Å². The summed E-state index contributed by atoms with van der Waals surface area (Å²) in [6.07, 6.45) is 6.41.